The predicted octanol–water partition coefficient (Wildman–Crippen LogP) is 4.22. The van der Waals surface area contributed by atoms with Crippen LogP contribution in [0, 0.1) is 0 Å². The highest BCUT2D eigenvalue weighted by atomic mass is 35.5. The molecule has 0 saturated carbocycles. The van der Waals surface area contributed by atoms with Gasteiger partial charge in [0.05, 0.1) is 6.33 Å². The Morgan fingerprint density at radius 2 is 1.82 bits per heavy atom. The number of aromatic amines is 1. The van der Waals surface area contributed by atoms with Crippen LogP contribution < -0.4 is 16.0 Å². The van der Waals surface area contributed by atoms with Gasteiger partial charge in [0.15, 0.2) is 5.69 Å². The molecule has 2 rings (SSSR count). The van der Waals surface area contributed by atoms with Crippen LogP contribution in [0.1, 0.15) is 0 Å². The third-order valence-electron chi connectivity index (χ3n) is 2.32. The van der Waals surface area contributed by atoms with Gasteiger partial charge in [-0.05, 0) is 12.1 Å². The number of aromatic nitrogens is 2. The molecule has 0 bridgehead atoms. The molecular formula is C10H9ClF5N3O2S. The molecule has 124 valence electrons. The number of ether oxygens (including phenoxy) is 1. The Balaban J connectivity index is 0.00000242. The van der Waals surface area contributed by atoms with Crippen molar-refractivity contribution in [3.8, 4) is 11.6 Å². The van der Waals surface area contributed by atoms with E-state index >= 15 is 0 Å². The number of hydrogen-bond donors (Lipinski definition) is 2. The maximum atomic E-state index is 12.7. The lowest BCUT2D eigenvalue weighted by Crippen LogP contribution is -2.13. The molecule has 0 amide bonds. The summed E-state index contributed by atoms with van der Waals surface area (Å²) in [4.78, 5) is 14.7. The maximum Gasteiger partial charge on any atom is 0.310 e. The zero-order valence-electron chi connectivity index (χ0n) is 10.4. The predicted molar refractivity (Wildman–Crippen MR) is 74.4 cm³/mol. The normalized spacial score (nSPS) is 14.4. The maximum absolute atomic E-state index is 12.7. The second-order valence-corrected chi connectivity index (χ2v) is 6.41. The molecule has 0 unspecified atom stereocenters. The van der Waals surface area contributed by atoms with Crippen LogP contribution in [0.3, 0.4) is 0 Å². The van der Waals surface area contributed by atoms with Crippen LogP contribution >= 0.6 is 22.6 Å². The first-order valence-corrected chi connectivity index (χ1v) is 7.17. The van der Waals surface area contributed by atoms with Crippen LogP contribution in [0.15, 0.2) is 40.3 Å². The monoisotopic (exact) mass is 365 g/mol. The number of benzene rings is 1. The molecule has 0 atom stereocenters. The van der Waals surface area contributed by atoms with E-state index in [2.05, 4.69) is 9.97 Å². The zero-order valence-corrected chi connectivity index (χ0v) is 12.1. The topological polar surface area (TPSA) is 81.0 Å². The molecular weight excluding hydrogens is 357 g/mol. The number of hydrogen-bond acceptors (Lipinski definition) is 4. The largest absolute Gasteiger partial charge is 0.437 e. The van der Waals surface area contributed by atoms with Crippen molar-refractivity contribution in [2.24, 2.45) is 0 Å². The van der Waals surface area contributed by atoms with Gasteiger partial charge in [0.1, 0.15) is 10.6 Å². The Morgan fingerprint density at radius 3 is 2.41 bits per heavy atom. The first-order chi connectivity index (χ1) is 9.36. The fraction of sp³-hybridized carbons (Fsp3) is 0. The minimum absolute atomic E-state index is 0. The van der Waals surface area contributed by atoms with Gasteiger partial charge in [0.2, 0.25) is 5.88 Å². The summed E-state index contributed by atoms with van der Waals surface area (Å²) in [6, 6.07) is 2.08. The van der Waals surface area contributed by atoms with E-state index in [-0.39, 0.29) is 24.5 Å². The highest BCUT2D eigenvalue weighted by Crippen LogP contribution is 3.02. The molecule has 0 aliphatic rings. The lowest BCUT2D eigenvalue weighted by Gasteiger charge is -2.40. The molecule has 0 saturated heterocycles. The number of halogens is 6. The molecule has 1 aromatic carbocycles. The Hall–Kier alpha value is -2.01. The van der Waals surface area contributed by atoms with Crippen molar-refractivity contribution in [2.75, 3.05) is 5.73 Å². The number of nitrogens with two attached hydrogens (primary N) is 1. The average Bonchev–Trinajstić information content (AvgIpc) is 2.33. The quantitative estimate of drug-likeness (QED) is 0.798. The Kier molecular flexibility index (Phi) is 3.89. The van der Waals surface area contributed by atoms with E-state index in [0.29, 0.717) is 0 Å². The Bertz CT molecular complexity index is 765. The molecule has 22 heavy (non-hydrogen) atoms. The van der Waals surface area contributed by atoms with Crippen LogP contribution in [0.5, 0.6) is 11.6 Å². The van der Waals surface area contributed by atoms with Gasteiger partial charge in [-0.3, -0.25) is 4.79 Å². The summed E-state index contributed by atoms with van der Waals surface area (Å²) in [7, 11) is -9.81. The Labute approximate surface area is 126 Å². The first-order valence-electron chi connectivity index (χ1n) is 5.22. The molecule has 2 aromatic rings. The summed E-state index contributed by atoms with van der Waals surface area (Å²) in [6.07, 6.45) is 0.905. The molecule has 1 aromatic heterocycles. The first kappa shape index (κ1) is 18.0. The molecule has 3 N–H and O–H groups in total. The fourth-order valence-electron chi connectivity index (χ4n) is 1.36. The highest BCUT2D eigenvalue weighted by molar-refractivity contribution is 8.45. The second kappa shape index (κ2) is 4.74. The van der Waals surface area contributed by atoms with Crippen molar-refractivity contribution in [2.45, 2.75) is 4.90 Å². The number of rotatable bonds is 3. The number of nitrogens with one attached hydrogen (secondary N) is 1. The van der Waals surface area contributed by atoms with Crippen LogP contribution in [0.4, 0.5) is 25.1 Å². The lowest BCUT2D eigenvalue weighted by atomic mass is 10.3. The summed E-state index contributed by atoms with van der Waals surface area (Å²) in [5.41, 5.74) is 4.05. The van der Waals surface area contributed by atoms with Crippen molar-refractivity contribution in [1.82, 2.24) is 9.97 Å². The summed E-state index contributed by atoms with van der Waals surface area (Å²) in [5.74, 6) is -1.07. The molecule has 0 aliphatic carbocycles. The summed E-state index contributed by atoms with van der Waals surface area (Å²) in [6.45, 7) is 0. The van der Waals surface area contributed by atoms with Gasteiger partial charge in [-0.2, -0.15) is 0 Å². The van der Waals surface area contributed by atoms with E-state index in [9.17, 15) is 24.2 Å². The van der Waals surface area contributed by atoms with Gasteiger partial charge >= 0.3 is 10.2 Å². The Morgan fingerprint density at radius 1 is 1.18 bits per heavy atom. The molecule has 5 nitrogen and oxygen atoms in total. The van der Waals surface area contributed by atoms with Crippen LogP contribution in [0.25, 0.3) is 0 Å². The van der Waals surface area contributed by atoms with Gasteiger partial charge in [-0.1, -0.05) is 25.5 Å². The standard InChI is InChI=1S/C10H8F5N3O2S.ClH/c11-21(12,13,14,15)7-3-1-2-6(4-7)20-10-8(16)9(19)17-5-18-10;/h1-5H,16H2,(H,17,18,19);1H. The minimum atomic E-state index is -9.81. The van der Waals surface area contributed by atoms with Gasteiger partial charge in [-0.15, -0.1) is 12.4 Å². The smallest absolute Gasteiger partial charge is 0.310 e. The molecule has 0 spiro atoms. The third-order valence-corrected chi connectivity index (χ3v) is 3.46. The van der Waals surface area contributed by atoms with Gasteiger partial charge in [0.25, 0.3) is 5.56 Å². The molecule has 0 fully saturated rings. The molecule has 12 heteroatoms. The van der Waals surface area contributed by atoms with E-state index in [4.69, 9.17) is 10.5 Å². The van der Waals surface area contributed by atoms with E-state index in [1.165, 1.54) is 0 Å². The van der Waals surface area contributed by atoms with Gasteiger partial charge in [0, 0.05) is 6.07 Å². The average molecular weight is 366 g/mol. The number of nitrogen functional groups attached to an aromatic ring is 1. The second-order valence-electron chi connectivity index (χ2n) is 4.00. The summed E-state index contributed by atoms with van der Waals surface area (Å²) in [5, 5.41) is 0. The highest BCUT2D eigenvalue weighted by Gasteiger charge is 2.65. The van der Waals surface area contributed by atoms with E-state index < -0.39 is 38.0 Å². The van der Waals surface area contributed by atoms with E-state index in [1.54, 1.807) is 0 Å². The van der Waals surface area contributed by atoms with Crippen molar-refractivity contribution in [3.63, 3.8) is 0 Å². The number of nitrogens with zero attached hydrogens (tertiary/aromatic N) is 1. The van der Waals surface area contributed by atoms with Crippen LogP contribution in [-0.2, 0) is 0 Å². The molecule has 0 aliphatic heterocycles. The van der Waals surface area contributed by atoms with E-state index in [1.807, 2.05) is 0 Å². The van der Waals surface area contributed by atoms with Crippen molar-refractivity contribution in [3.05, 3.63) is 40.9 Å². The van der Waals surface area contributed by atoms with Gasteiger partial charge in [-0.25, -0.2) is 4.98 Å². The summed E-state index contributed by atoms with van der Waals surface area (Å²) < 4.78 is 68.1. The summed E-state index contributed by atoms with van der Waals surface area (Å²) >= 11 is 0. The minimum Gasteiger partial charge on any atom is -0.437 e. The van der Waals surface area contributed by atoms with Crippen LogP contribution in [0.2, 0.25) is 0 Å². The SMILES string of the molecule is Cl.Nc1c(Oc2cccc(S(F)(F)(F)(F)F)c2)nc[nH]c1=O. The number of anilines is 1. The van der Waals surface area contributed by atoms with Gasteiger partial charge < -0.3 is 15.5 Å². The number of H-pyrrole nitrogens is 1. The van der Waals surface area contributed by atoms with E-state index in [0.717, 1.165) is 18.5 Å². The van der Waals surface area contributed by atoms with Crippen molar-refractivity contribution in [1.29, 1.82) is 0 Å². The third kappa shape index (κ3) is 4.01. The fourth-order valence-corrected chi connectivity index (χ4v) is 2.04. The van der Waals surface area contributed by atoms with Crippen molar-refractivity contribution < 1.29 is 24.2 Å². The van der Waals surface area contributed by atoms with Crippen LogP contribution in [-0.4, -0.2) is 9.97 Å². The van der Waals surface area contributed by atoms with Crippen molar-refractivity contribution >= 4 is 28.3 Å². The lowest BCUT2D eigenvalue weighted by molar-refractivity contribution is 0.362. The molecule has 0 radical (unpaired) electrons. The zero-order chi connectivity index (χ0) is 16.0. The molecule has 1 heterocycles.